The Morgan fingerprint density at radius 1 is 0.692 bits per heavy atom. The number of hydrogen-bond donors (Lipinski definition) is 0. The standard InChI is InChI=1S/C22H42N4/c1-20-7-4-8-23(16-20)9-5-10-24-13-14-25(19-24)11-6-12-26-17-21(2)15-22(3)18-26/h20-22H,4-18H2,1-3H3. The molecule has 2 radical (unpaired) electrons. The van der Waals surface area contributed by atoms with Crippen molar-refractivity contribution in [3.05, 3.63) is 6.67 Å². The number of rotatable bonds is 8. The van der Waals surface area contributed by atoms with Crippen molar-refractivity contribution in [2.24, 2.45) is 17.8 Å². The zero-order valence-electron chi connectivity index (χ0n) is 17.6. The van der Waals surface area contributed by atoms with E-state index in [1.807, 2.05) is 0 Å². The highest BCUT2D eigenvalue weighted by Crippen LogP contribution is 2.21. The predicted molar refractivity (Wildman–Crippen MR) is 110 cm³/mol. The molecule has 0 saturated carbocycles. The lowest BCUT2D eigenvalue weighted by Gasteiger charge is -2.35. The molecule has 0 spiro atoms. The average molecular weight is 363 g/mol. The zero-order chi connectivity index (χ0) is 18.4. The highest BCUT2D eigenvalue weighted by Gasteiger charge is 2.24. The number of likely N-dealkylation sites (tertiary alicyclic amines) is 2. The van der Waals surface area contributed by atoms with Gasteiger partial charge in [-0.1, -0.05) is 20.8 Å². The van der Waals surface area contributed by atoms with E-state index in [9.17, 15) is 0 Å². The lowest BCUT2D eigenvalue weighted by atomic mass is 9.92. The van der Waals surface area contributed by atoms with Crippen molar-refractivity contribution in [2.75, 3.05) is 65.4 Å². The van der Waals surface area contributed by atoms with Gasteiger partial charge in [0.15, 0.2) is 0 Å². The molecule has 3 fully saturated rings. The topological polar surface area (TPSA) is 13.0 Å². The van der Waals surface area contributed by atoms with Crippen LogP contribution in [0.25, 0.3) is 0 Å². The van der Waals surface area contributed by atoms with E-state index in [0.29, 0.717) is 0 Å². The fourth-order valence-electron chi connectivity index (χ4n) is 5.30. The number of hydrogen-bond acceptors (Lipinski definition) is 4. The molecule has 3 atom stereocenters. The zero-order valence-corrected chi connectivity index (χ0v) is 17.6. The summed E-state index contributed by atoms with van der Waals surface area (Å²) in [5, 5.41) is 0. The van der Waals surface area contributed by atoms with E-state index in [4.69, 9.17) is 0 Å². The van der Waals surface area contributed by atoms with Gasteiger partial charge in [-0.25, -0.2) is 0 Å². The van der Waals surface area contributed by atoms with Crippen LogP contribution in [-0.2, 0) is 0 Å². The Balaban J connectivity index is 1.23. The van der Waals surface area contributed by atoms with Crippen LogP contribution < -0.4 is 0 Å². The third kappa shape index (κ3) is 6.78. The van der Waals surface area contributed by atoms with Crippen LogP contribution in [0, 0.1) is 24.4 Å². The van der Waals surface area contributed by atoms with Crippen LogP contribution in [0.2, 0.25) is 0 Å². The van der Waals surface area contributed by atoms with Crippen LogP contribution in [-0.4, -0.2) is 85.0 Å². The highest BCUT2D eigenvalue weighted by atomic mass is 15.4. The summed E-state index contributed by atoms with van der Waals surface area (Å²) < 4.78 is 0. The van der Waals surface area contributed by atoms with E-state index in [1.54, 1.807) is 0 Å². The minimum Gasteiger partial charge on any atom is -0.303 e. The molecule has 0 aromatic carbocycles. The summed E-state index contributed by atoms with van der Waals surface area (Å²) in [6, 6.07) is 0. The maximum atomic E-state index is 3.62. The molecule has 3 heterocycles. The normalized spacial score (nSPS) is 33.1. The molecule has 4 nitrogen and oxygen atoms in total. The molecule has 3 rings (SSSR count). The van der Waals surface area contributed by atoms with Crippen molar-refractivity contribution in [1.29, 1.82) is 0 Å². The molecule has 4 heteroatoms. The molecule has 0 bridgehead atoms. The van der Waals surface area contributed by atoms with Gasteiger partial charge in [-0.15, -0.1) is 0 Å². The van der Waals surface area contributed by atoms with Crippen molar-refractivity contribution in [2.45, 2.75) is 52.9 Å². The first-order valence-electron chi connectivity index (χ1n) is 11.3. The molecule has 0 aromatic heterocycles. The lowest BCUT2D eigenvalue weighted by Crippen LogP contribution is -2.40. The summed E-state index contributed by atoms with van der Waals surface area (Å²) >= 11 is 0. The van der Waals surface area contributed by atoms with Gasteiger partial charge in [0.05, 0.1) is 0 Å². The highest BCUT2D eigenvalue weighted by molar-refractivity contribution is 4.82. The van der Waals surface area contributed by atoms with Crippen molar-refractivity contribution >= 4 is 0 Å². The van der Waals surface area contributed by atoms with E-state index in [0.717, 1.165) is 17.8 Å². The first kappa shape index (κ1) is 20.6. The smallest absolute Gasteiger partial charge is 0.146 e. The first-order valence-corrected chi connectivity index (χ1v) is 11.3. The van der Waals surface area contributed by atoms with Gasteiger partial charge < -0.3 is 9.80 Å². The monoisotopic (exact) mass is 362 g/mol. The maximum Gasteiger partial charge on any atom is 0.146 e. The van der Waals surface area contributed by atoms with Crippen molar-refractivity contribution in [3.8, 4) is 0 Å². The molecule has 150 valence electrons. The van der Waals surface area contributed by atoms with Crippen LogP contribution in [0.3, 0.4) is 0 Å². The molecule has 0 amide bonds. The first-order chi connectivity index (χ1) is 12.6. The molecule has 3 unspecified atom stereocenters. The van der Waals surface area contributed by atoms with Gasteiger partial charge in [-0.3, -0.25) is 9.80 Å². The van der Waals surface area contributed by atoms with Gasteiger partial charge in [0.1, 0.15) is 6.67 Å². The molecular weight excluding hydrogens is 320 g/mol. The molecule has 3 aliphatic heterocycles. The summed E-state index contributed by atoms with van der Waals surface area (Å²) in [6.45, 7) is 23.3. The Bertz CT molecular complexity index is 392. The fourth-order valence-corrected chi connectivity index (χ4v) is 5.30. The second-order valence-electron chi connectivity index (χ2n) is 9.53. The van der Waals surface area contributed by atoms with E-state index in [1.165, 1.54) is 97.6 Å². The Kier molecular flexibility index (Phi) is 8.23. The molecule has 3 saturated heterocycles. The SMILES string of the molecule is CC1CCCN(CCCN2[C]N(CCCN3CC(C)CC(C)C3)CC2)C1. The fraction of sp³-hybridized carbons (Fsp3) is 0.955. The van der Waals surface area contributed by atoms with E-state index in [2.05, 4.69) is 47.0 Å². The quantitative estimate of drug-likeness (QED) is 0.658. The van der Waals surface area contributed by atoms with Crippen molar-refractivity contribution in [1.82, 2.24) is 19.6 Å². The van der Waals surface area contributed by atoms with Gasteiger partial charge in [0.25, 0.3) is 0 Å². The third-order valence-corrected chi connectivity index (χ3v) is 6.41. The summed E-state index contributed by atoms with van der Waals surface area (Å²) in [6.07, 6.45) is 6.80. The van der Waals surface area contributed by atoms with E-state index in [-0.39, 0.29) is 0 Å². The summed E-state index contributed by atoms with van der Waals surface area (Å²) in [7, 11) is 0. The van der Waals surface area contributed by atoms with Crippen LogP contribution in [0.4, 0.5) is 0 Å². The van der Waals surface area contributed by atoms with Gasteiger partial charge >= 0.3 is 0 Å². The summed E-state index contributed by atoms with van der Waals surface area (Å²) in [5.74, 6) is 2.65. The molecule has 26 heavy (non-hydrogen) atoms. The van der Waals surface area contributed by atoms with E-state index >= 15 is 0 Å². The third-order valence-electron chi connectivity index (χ3n) is 6.41. The molecule has 0 aliphatic carbocycles. The minimum atomic E-state index is 0.877. The largest absolute Gasteiger partial charge is 0.303 e. The van der Waals surface area contributed by atoms with Crippen molar-refractivity contribution < 1.29 is 0 Å². The van der Waals surface area contributed by atoms with Gasteiger partial charge in [0.2, 0.25) is 0 Å². The lowest BCUT2D eigenvalue weighted by molar-refractivity contribution is 0.135. The van der Waals surface area contributed by atoms with Crippen molar-refractivity contribution in [3.63, 3.8) is 0 Å². The van der Waals surface area contributed by atoms with Crippen LogP contribution >= 0.6 is 0 Å². The summed E-state index contributed by atoms with van der Waals surface area (Å²) in [4.78, 5) is 10.2. The van der Waals surface area contributed by atoms with Crippen LogP contribution in [0.1, 0.15) is 52.9 Å². The number of piperidine rings is 2. The molecule has 0 N–H and O–H groups in total. The second kappa shape index (κ2) is 10.4. The maximum absolute atomic E-state index is 3.62. The minimum absolute atomic E-state index is 0.877. The summed E-state index contributed by atoms with van der Waals surface area (Å²) in [5.41, 5.74) is 0. The average Bonchev–Trinajstić information content (AvgIpc) is 3.02. The van der Waals surface area contributed by atoms with Gasteiger partial charge in [0, 0.05) is 45.8 Å². The van der Waals surface area contributed by atoms with Gasteiger partial charge in [-0.2, -0.15) is 0 Å². The van der Waals surface area contributed by atoms with E-state index < -0.39 is 0 Å². The Morgan fingerprint density at radius 2 is 1.27 bits per heavy atom. The Labute approximate surface area is 162 Å². The molecule has 0 aromatic rings. The van der Waals surface area contributed by atoms with Crippen LogP contribution in [0.15, 0.2) is 0 Å². The molecular formula is C22H42N4. The van der Waals surface area contributed by atoms with Crippen LogP contribution in [0.5, 0.6) is 0 Å². The number of nitrogens with zero attached hydrogens (tertiary/aromatic N) is 4. The Morgan fingerprint density at radius 3 is 1.88 bits per heavy atom. The predicted octanol–water partition coefficient (Wildman–Crippen LogP) is 3.09. The molecule has 3 aliphatic rings. The van der Waals surface area contributed by atoms with Gasteiger partial charge in [-0.05, 0) is 69.5 Å². The second-order valence-corrected chi connectivity index (χ2v) is 9.53. The Hall–Kier alpha value is -0.160.